The molecule has 0 radical (unpaired) electrons. The second kappa shape index (κ2) is 8.18. The SMILES string of the molecule is Cc1cccc(NC(=O)CCC2CCNCC2)c1.Cl. The Morgan fingerprint density at radius 3 is 2.79 bits per heavy atom. The van der Waals surface area contributed by atoms with E-state index in [1.165, 1.54) is 18.4 Å². The fourth-order valence-electron chi connectivity index (χ4n) is 2.45. The molecule has 0 saturated carbocycles. The first-order valence-corrected chi connectivity index (χ1v) is 6.81. The molecular weight excluding hydrogens is 260 g/mol. The predicted octanol–water partition coefficient (Wildman–Crippen LogP) is 3.14. The van der Waals surface area contributed by atoms with E-state index in [9.17, 15) is 4.79 Å². The third-order valence-corrected chi connectivity index (χ3v) is 3.54. The molecule has 19 heavy (non-hydrogen) atoms. The number of aryl methyl sites for hydroxylation is 1. The number of nitrogens with one attached hydrogen (secondary N) is 2. The Morgan fingerprint density at radius 1 is 1.37 bits per heavy atom. The molecule has 0 spiro atoms. The van der Waals surface area contributed by atoms with Gasteiger partial charge in [0.1, 0.15) is 0 Å². The molecule has 1 fully saturated rings. The molecule has 1 saturated heterocycles. The molecule has 1 amide bonds. The molecule has 1 aliphatic heterocycles. The Morgan fingerprint density at radius 2 is 2.11 bits per heavy atom. The average Bonchev–Trinajstić information content (AvgIpc) is 2.38. The maximum absolute atomic E-state index is 11.8. The maximum atomic E-state index is 11.8. The monoisotopic (exact) mass is 282 g/mol. The van der Waals surface area contributed by atoms with Crippen LogP contribution >= 0.6 is 12.4 Å². The van der Waals surface area contributed by atoms with Crippen molar-refractivity contribution in [1.29, 1.82) is 0 Å². The highest BCUT2D eigenvalue weighted by molar-refractivity contribution is 5.90. The molecule has 1 aromatic rings. The van der Waals surface area contributed by atoms with Gasteiger partial charge in [-0.05, 0) is 62.9 Å². The van der Waals surface area contributed by atoms with E-state index in [4.69, 9.17) is 0 Å². The number of rotatable bonds is 4. The van der Waals surface area contributed by atoms with Gasteiger partial charge >= 0.3 is 0 Å². The number of anilines is 1. The lowest BCUT2D eigenvalue weighted by atomic mass is 9.93. The Bertz CT molecular complexity index is 403. The summed E-state index contributed by atoms with van der Waals surface area (Å²) in [5.41, 5.74) is 2.08. The van der Waals surface area contributed by atoms with E-state index in [0.717, 1.165) is 31.1 Å². The molecule has 0 aliphatic carbocycles. The van der Waals surface area contributed by atoms with Crippen molar-refractivity contribution >= 4 is 24.0 Å². The van der Waals surface area contributed by atoms with Crippen molar-refractivity contribution in [1.82, 2.24) is 5.32 Å². The van der Waals surface area contributed by atoms with Gasteiger partial charge in [-0.15, -0.1) is 12.4 Å². The van der Waals surface area contributed by atoms with Gasteiger partial charge in [-0.2, -0.15) is 0 Å². The standard InChI is InChI=1S/C15H22N2O.ClH/c1-12-3-2-4-14(11-12)17-15(18)6-5-13-7-9-16-10-8-13;/h2-4,11,13,16H,5-10H2,1H3,(H,17,18);1H. The number of carbonyl (C=O) groups is 1. The van der Waals surface area contributed by atoms with E-state index < -0.39 is 0 Å². The quantitative estimate of drug-likeness (QED) is 0.891. The zero-order chi connectivity index (χ0) is 12.8. The van der Waals surface area contributed by atoms with E-state index in [2.05, 4.69) is 10.6 Å². The summed E-state index contributed by atoms with van der Waals surface area (Å²) in [4.78, 5) is 11.8. The molecule has 0 aromatic heterocycles. The van der Waals surface area contributed by atoms with Gasteiger partial charge in [0.2, 0.25) is 5.91 Å². The Kier molecular flexibility index (Phi) is 6.89. The number of halogens is 1. The van der Waals surface area contributed by atoms with Gasteiger partial charge in [-0.3, -0.25) is 4.79 Å². The number of carbonyl (C=O) groups excluding carboxylic acids is 1. The molecule has 2 N–H and O–H groups in total. The van der Waals surface area contributed by atoms with Crippen LogP contribution in [0.15, 0.2) is 24.3 Å². The summed E-state index contributed by atoms with van der Waals surface area (Å²) in [5.74, 6) is 0.855. The zero-order valence-electron chi connectivity index (χ0n) is 11.4. The summed E-state index contributed by atoms with van der Waals surface area (Å²) >= 11 is 0. The third kappa shape index (κ3) is 5.62. The van der Waals surface area contributed by atoms with E-state index in [-0.39, 0.29) is 18.3 Å². The number of hydrogen-bond donors (Lipinski definition) is 2. The van der Waals surface area contributed by atoms with E-state index >= 15 is 0 Å². The highest BCUT2D eigenvalue weighted by Gasteiger charge is 2.14. The molecule has 106 valence electrons. The molecule has 0 unspecified atom stereocenters. The second-order valence-corrected chi connectivity index (χ2v) is 5.15. The van der Waals surface area contributed by atoms with Crippen molar-refractivity contribution in [2.45, 2.75) is 32.6 Å². The molecule has 3 nitrogen and oxygen atoms in total. The van der Waals surface area contributed by atoms with Gasteiger partial charge in [0.25, 0.3) is 0 Å². The Labute approximate surface area is 121 Å². The third-order valence-electron chi connectivity index (χ3n) is 3.54. The van der Waals surface area contributed by atoms with Crippen LogP contribution in [0.1, 0.15) is 31.2 Å². The van der Waals surface area contributed by atoms with Gasteiger partial charge in [-0.25, -0.2) is 0 Å². The molecule has 1 aromatic carbocycles. The summed E-state index contributed by atoms with van der Waals surface area (Å²) in [5, 5.41) is 6.32. The normalized spacial score (nSPS) is 15.6. The van der Waals surface area contributed by atoms with Crippen LogP contribution in [0, 0.1) is 12.8 Å². The largest absolute Gasteiger partial charge is 0.326 e. The number of amides is 1. The fraction of sp³-hybridized carbons (Fsp3) is 0.533. The van der Waals surface area contributed by atoms with Gasteiger partial charge in [0.05, 0.1) is 0 Å². The highest BCUT2D eigenvalue weighted by Crippen LogP contribution is 2.18. The molecular formula is C15H23ClN2O. The number of benzene rings is 1. The van der Waals surface area contributed by atoms with E-state index in [0.29, 0.717) is 6.42 Å². The lowest BCUT2D eigenvalue weighted by molar-refractivity contribution is -0.116. The number of hydrogen-bond acceptors (Lipinski definition) is 2. The Balaban J connectivity index is 0.00000180. The molecule has 4 heteroatoms. The first-order valence-electron chi connectivity index (χ1n) is 6.81. The fourth-order valence-corrected chi connectivity index (χ4v) is 2.45. The molecule has 1 heterocycles. The van der Waals surface area contributed by atoms with Gasteiger partial charge < -0.3 is 10.6 Å². The van der Waals surface area contributed by atoms with Crippen LogP contribution < -0.4 is 10.6 Å². The lowest BCUT2D eigenvalue weighted by Crippen LogP contribution is -2.28. The predicted molar refractivity (Wildman–Crippen MR) is 81.9 cm³/mol. The lowest BCUT2D eigenvalue weighted by Gasteiger charge is -2.22. The first-order chi connectivity index (χ1) is 8.74. The minimum Gasteiger partial charge on any atom is -0.326 e. The average molecular weight is 283 g/mol. The molecule has 2 rings (SSSR count). The molecule has 1 aliphatic rings. The van der Waals surface area contributed by atoms with Crippen LogP contribution in [0.3, 0.4) is 0 Å². The smallest absolute Gasteiger partial charge is 0.224 e. The van der Waals surface area contributed by atoms with Crippen molar-refractivity contribution in [3.8, 4) is 0 Å². The summed E-state index contributed by atoms with van der Waals surface area (Å²) in [6.07, 6.45) is 4.06. The van der Waals surface area contributed by atoms with Crippen molar-refractivity contribution in [3.05, 3.63) is 29.8 Å². The van der Waals surface area contributed by atoms with Crippen LogP contribution in [-0.2, 0) is 4.79 Å². The minimum atomic E-state index is 0. The van der Waals surface area contributed by atoms with Crippen molar-refractivity contribution < 1.29 is 4.79 Å². The van der Waals surface area contributed by atoms with Crippen LogP contribution in [-0.4, -0.2) is 19.0 Å². The summed E-state index contributed by atoms with van der Waals surface area (Å²) in [7, 11) is 0. The first kappa shape index (κ1) is 16.0. The Hall–Kier alpha value is -1.06. The van der Waals surface area contributed by atoms with Crippen molar-refractivity contribution in [2.24, 2.45) is 5.92 Å². The van der Waals surface area contributed by atoms with E-state index in [1.807, 2.05) is 31.2 Å². The topological polar surface area (TPSA) is 41.1 Å². The van der Waals surface area contributed by atoms with Crippen molar-refractivity contribution in [2.75, 3.05) is 18.4 Å². The minimum absolute atomic E-state index is 0. The summed E-state index contributed by atoms with van der Waals surface area (Å²) in [6, 6.07) is 7.94. The number of piperidine rings is 1. The summed E-state index contributed by atoms with van der Waals surface area (Å²) < 4.78 is 0. The van der Waals surface area contributed by atoms with Gasteiger partial charge in [-0.1, -0.05) is 12.1 Å². The van der Waals surface area contributed by atoms with Crippen LogP contribution in [0.4, 0.5) is 5.69 Å². The summed E-state index contributed by atoms with van der Waals surface area (Å²) in [6.45, 7) is 4.24. The van der Waals surface area contributed by atoms with Crippen molar-refractivity contribution in [3.63, 3.8) is 0 Å². The molecule has 0 atom stereocenters. The zero-order valence-corrected chi connectivity index (χ0v) is 12.3. The maximum Gasteiger partial charge on any atom is 0.224 e. The molecule has 0 bridgehead atoms. The van der Waals surface area contributed by atoms with Crippen LogP contribution in [0.5, 0.6) is 0 Å². The van der Waals surface area contributed by atoms with E-state index in [1.54, 1.807) is 0 Å². The van der Waals surface area contributed by atoms with Gasteiger partial charge in [0, 0.05) is 12.1 Å². The van der Waals surface area contributed by atoms with Crippen LogP contribution in [0.2, 0.25) is 0 Å². The second-order valence-electron chi connectivity index (χ2n) is 5.15. The van der Waals surface area contributed by atoms with Crippen LogP contribution in [0.25, 0.3) is 0 Å². The highest BCUT2D eigenvalue weighted by atomic mass is 35.5. The van der Waals surface area contributed by atoms with Gasteiger partial charge in [0.15, 0.2) is 0 Å².